The molecule has 3 rings (SSSR count). The molecule has 0 saturated heterocycles. The van der Waals surface area contributed by atoms with Crippen LogP contribution in [0.2, 0.25) is 0 Å². The van der Waals surface area contributed by atoms with Gasteiger partial charge in [-0.2, -0.15) is 0 Å². The maximum Gasteiger partial charge on any atom is 0.254 e. The fourth-order valence-electron chi connectivity index (χ4n) is 4.15. The molecular formula is C29H39N3O3. The Balaban J connectivity index is 1.70. The topological polar surface area (TPSA) is 58.7 Å². The number of rotatable bonds is 13. The number of furan rings is 1. The molecular weight excluding hydrogens is 438 g/mol. The van der Waals surface area contributed by atoms with Crippen molar-refractivity contribution < 1.29 is 14.0 Å². The number of aryl methyl sites for hydroxylation is 2. The van der Waals surface area contributed by atoms with Crippen LogP contribution < -0.4 is 0 Å². The van der Waals surface area contributed by atoms with Gasteiger partial charge in [0.05, 0.1) is 19.4 Å². The van der Waals surface area contributed by atoms with Crippen molar-refractivity contribution in [2.24, 2.45) is 7.05 Å². The molecule has 0 saturated carbocycles. The molecule has 0 spiro atoms. The van der Waals surface area contributed by atoms with E-state index in [1.54, 1.807) is 16.1 Å². The lowest BCUT2D eigenvalue weighted by Gasteiger charge is -2.30. The third kappa shape index (κ3) is 7.61. The number of hydrogen-bond acceptors (Lipinski definition) is 3. The van der Waals surface area contributed by atoms with Gasteiger partial charge in [-0.1, -0.05) is 38.3 Å². The van der Waals surface area contributed by atoms with E-state index in [4.69, 9.17) is 4.42 Å². The molecule has 0 unspecified atom stereocenters. The Morgan fingerprint density at radius 3 is 2.34 bits per heavy atom. The number of carbonyl (C=O) groups is 2. The van der Waals surface area contributed by atoms with Gasteiger partial charge in [0.15, 0.2) is 0 Å². The first-order valence-corrected chi connectivity index (χ1v) is 12.7. The van der Waals surface area contributed by atoms with Crippen LogP contribution in [0.15, 0.2) is 65.4 Å². The highest BCUT2D eigenvalue weighted by Crippen LogP contribution is 2.16. The van der Waals surface area contributed by atoms with Gasteiger partial charge in [0.25, 0.3) is 5.91 Å². The summed E-state index contributed by atoms with van der Waals surface area (Å²) in [5.74, 6) is 0.476. The molecule has 6 nitrogen and oxygen atoms in total. The van der Waals surface area contributed by atoms with E-state index in [0.29, 0.717) is 24.4 Å². The summed E-state index contributed by atoms with van der Waals surface area (Å²) in [7, 11) is 1.96. The predicted octanol–water partition coefficient (Wildman–Crippen LogP) is 5.82. The van der Waals surface area contributed by atoms with Gasteiger partial charge in [-0.25, -0.2) is 0 Å². The number of unbranched alkanes of at least 4 members (excludes halogenated alkanes) is 3. The number of nitrogens with zero attached hydrogens (tertiary/aromatic N) is 3. The second kappa shape index (κ2) is 13.0. The lowest BCUT2D eigenvalue weighted by Crippen LogP contribution is -2.45. The third-order valence-electron chi connectivity index (χ3n) is 6.39. The SMILES string of the molecule is CCCCCCc1ccc(C(=O)N(CC(=O)N(Cc2ccco2)Cc2cccn2C)C(C)C)cc1. The fourth-order valence-corrected chi connectivity index (χ4v) is 4.15. The quantitative estimate of drug-likeness (QED) is 0.292. The van der Waals surface area contributed by atoms with Crippen LogP contribution in [0.1, 0.15) is 73.8 Å². The van der Waals surface area contributed by atoms with Gasteiger partial charge in [-0.15, -0.1) is 0 Å². The first-order valence-electron chi connectivity index (χ1n) is 12.7. The van der Waals surface area contributed by atoms with Gasteiger partial charge >= 0.3 is 0 Å². The van der Waals surface area contributed by atoms with Crippen molar-refractivity contribution in [2.45, 2.75) is 72.0 Å². The summed E-state index contributed by atoms with van der Waals surface area (Å²) in [5.41, 5.74) is 2.88. The predicted molar refractivity (Wildman–Crippen MR) is 139 cm³/mol. The van der Waals surface area contributed by atoms with Crippen LogP contribution in [0.25, 0.3) is 0 Å². The average Bonchev–Trinajstić information content (AvgIpc) is 3.51. The molecule has 6 heteroatoms. The number of hydrogen-bond donors (Lipinski definition) is 0. The summed E-state index contributed by atoms with van der Waals surface area (Å²) < 4.78 is 7.50. The van der Waals surface area contributed by atoms with Crippen molar-refractivity contribution in [1.82, 2.24) is 14.4 Å². The van der Waals surface area contributed by atoms with Crippen LogP contribution >= 0.6 is 0 Å². The van der Waals surface area contributed by atoms with Crippen LogP contribution in [0.3, 0.4) is 0 Å². The molecule has 0 N–H and O–H groups in total. The molecule has 0 fully saturated rings. The lowest BCUT2D eigenvalue weighted by atomic mass is 10.0. The first-order chi connectivity index (χ1) is 16.9. The largest absolute Gasteiger partial charge is 0.467 e. The number of benzene rings is 1. The van der Waals surface area contributed by atoms with E-state index in [2.05, 4.69) is 6.92 Å². The van der Waals surface area contributed by atoms with Crippen molar-refractivity contribution in [3.63, 3.8) is 0 Å². The second-order valence-electron chi connectivity index (χ2n) is 9.47. The second-order valence-corrected chi connectivity index (χ2v) is 9.47. The molecule has 188 valence electrons. The highest BCUT2D eigenvalue weighted by Gasteiger charge is 2.25. The highest BCUT2D eigenvalue weighted by atomic mass is 16.3. The summed E-state index contributed by atoms with van der Waals surface area (Å²) in [6.45, 7) is 6.91. The maximum atomic E-state index is 13.5. The van der Waals surface area contributed by atoms with E-state index < -0.39 is 0 Å². The van der Waals surface area contributed by atoms with Gasteiger partial charge in [-0.3, -0.25) is 9.59 Å². The Morgan fingerprint density at radius 2 is 1.74 bits per heavy atom. The van der Waals surface area contributed by atoms with Gasteiger partial charge in [0.1, 0.15) is 12.3 Å². The van der Waals surface area contributed by atoms with Gasteiger partial charge in [0, 0.05) is 30.5 Å². The van der Waals surface area contributed by atoms with Gasteiger partial charge in [-0.05, 0) is 68.7 Å². The van der Waals surface area contributed by atoms with Crippen molar-refractivity contribution >= 4 is 11.8 Å². The molecule has 2 aromatic heterocycles. The summed E-state index contributed by atoms with van der Waals surface area (Å²) >= 11 is 0. The van der Waals surface area contributed by atoms with E-state index in [1.165, 1.54) is 31.2 Å². The van der Waals surface area contributed by atoms with E-state index in [1.807, 2.05) is 80.2 Å². The molecule has 2 amide bonds. The van der Waals surface area contributed by atoms with E-state index in [-0.39, 0.29) is 24.4 Å². The van der Waals surface area contributed by atoms with Gasteiger partial charge < -0.3 is 18.8 Å². The minimum Gasteiger partial charge on any atom is -0.467 e. The molecule has 0 bridgehead atoms. The van der Waals surface area contributed by atoms with E-state index >= 15 is 0 Å². The Bertz CT molecular complexity index is 1050. The van der Waals surface area contributed by atoms with Crippen LogP contribution in [0.5, 0.6) is 0 Å². The van der Waals surface area contributed by atoms with Crippen molar-refractivity contribution in [2.75, 3.05) is 6.54 Å². The Labute approximate surface area is 209 Å². The summed E-state index contributed by atoms with van der Waals surface area (Å²) in [4.78, 5) is 30.2. The summed E-state index contributed by atoms with van der Waals surface area (Å²) in [6, 6.07) is 15.4. The normalized spacial score (nSPS) is 11.1. The zero-order chi connectivity index (χ0) is 25.2. The standard InChI is InChI=1S/C29H39N3O3/c1-5-6-7-8-11-24-14-16-25(17-15-24)29(34)32(23(2)3)22-28(33)31(21-27-13-10-19-35-27)20-26-12-9-18-30(26)4/h9-10,12-19,23H,5-8,11,20-22H2,1-4H3. The molecule has 3 aromatic rings. The first kappa shape index (κ1) is 26.3. The molecule has 0 radical (unpaired) electrons. The number of carbonyl (C=O) groups excluding carboxylic acids is 2. The molecule has 2 heterocycles. The van der Waals surface area contributed by atoms with Crippen LogP contribution in [0, 0.1) is 0 Å². The minimum absolute atomic E-state index is 0.0143. The van der Waals surface area contributed by atoms with E-state index in [9.17, 15) is 9.59 Å². The van der Waals surface area contributed by atoms with Crippen molar-refractivity contribution in [3.05, 3.63) is 83.6 Å². The van der Waals surface area contributed by atoms with E-state index in [0.717, 1.165) is 12.1 Å². The molecule has 0 aliphatic heterocycles. The zero-order valence-electron chi connectivity index (χ0n) is 21.6. The average molecular weight is 478 g/mol. The molecule has 0 aliphatic rings. The Hall–Kier alpha value is -3.28. The van der Waals surface area contributed by atoms with Crippen LogP contribution in [-0.4, -0.2) is 38.8 Å². The van der Waals surface area contributed by atoms with Crippen molar-refractivity contribution in [3.8, 4) is 0 Å². The van der Waals surface area contributed by atoms with Crippen molar-refractivity contribution in [1.29, 1.82) is 0 Å². The molecule has 0 atom stereocenters. The monoisotopic (exact) mass is 477 g/mol. The Morgan fingerprint density at radius 1 is 0.971 bits per heavy atom. The fraction of sp³-hybridized carbons (Fsp3) is 0.448. The van der Waals surface area contributed by atoms with Gasteiger partial charge in [0.2, 0.25) is 5.91 Å². The molecule has 0 aliphatic carbocycles. The van der Waals surface area contributed by atoms with Crippen LogP contribution in [0.4, 0.5) is 0 Å². The minimum atomic E-state index is -0.123. The smallest absolute Gasteiger partial charge is 0.254 e. The molecule has 1 aromatic carbocycles. The highest BCUT2D eigenvalue weighted by molar-refractivity contribution is 5.96. The Kier molecular flexibility index (Phi) is 9.76. The summed E-state index contributed by atoms with van der Waals surface area (Å²) in [5, 5.41) is 0. The molecule has 35 heavy (non-hydrogen) atoms. The summed E-state index contributed by atoms with van der Waals surface area (Å²) in [6.07, 6.45) is 9.48. The maximum absolute atomic E-state index is 13.5. The third-order valence-corrected chi connectivity index (χ3v) is 6.39. The van der Waals surface area contributed by atoms with Crippen LogP contribution in [-0.2, 0) is 31.4 Å². The zero-order valence-corrected chi connectivity index (χ0v) is 21.6. The number of amides is 2. The lowest BCUT2D eigenvalue weighted by molar-refractivity contribution is -0.133. The number of aromatic nitrogens is 1.